The zero-order chi connectivity index (χ0) is 15.4. The van der Waals surface area contributed by atoms with Crippen LogP contribution in [0.5, 0.6) is 0 Å². The summed E-state index contributed by atoms with van der Waals surface area (Å²) in [5.41, 5.74) is 7.11. The smallest absolute Gasteiger partial charge is 0.240 e. The standard InChI is InChI=1S/C16H17ClN2O2/c1-2-14(16(18)21)19-10-12(6-4-8-15(19)20)11-5-3-7-13(17)9-11/h3-7,9-10,14H,2,8H2,1H3,(H2,18,21). The first kappa shape index (κ1) is 15.3. The molecule has 2 rings (SSSR count). The van der Waals surface area contributed by atoms with Crippen molar-refractivity contribution < 1.29 is 9.59 Å². The lowest BCUT2D eigenvalue weighted by Gasteiger charge is -2.25. The van der Waals surface area contributed by atoms with Gasteiger partial charge in [-0.1, -0.05) is 42.8 Å². The number of allylic oxidation sites excluding steroid dienone is 2. The van der Waals surface area contributed by atoms with E-state index >= 15 is 0 Å². The van der Waals surface area contributed by atoms with Gasteiger partial charge in [-0.3, -0.25) is 9.59 Å². The SMILES string of the molecule is CCC(C(N)=O)N1C=C(c2cccc(Cl)c2)C=CCC1=O. The first-order valence-corrected chi connectivity index (χ1v) is 7.15. The molecule has 110 valence electrons. The Morgan fingerprint density at radius 1 is 1.48 bits per heavy atom. The summed E-state index contributed by atoms with van der Waals surface area (Å²) >= 11 is 6.00. The van der Waals surface area contributed by atoms with Crippen molar-refractivity contribution in [2.75, 3.05) is 0 Å². The maximum atomic E-state index is 12.2. The second kappa shape index (κ2) is 6.59. The summed E-state index contributed by atoms with van der Waals surface area (Å²) in [4.78, 5) is 25.1. The summed E-state index contributed by atoms with van der Waals surface area (Å²) < 4.78 is 0. The molecule has 1 unspecified atom stereocenters. The number of carbonyl (C=O) groups is 2. The van der Waals surface area contributed by atoms with Crippen LogP contribution in [-0.4, -0.2) is 22.8 Å². The van der Waals surface area contributed by atoms with Crippen LogP contribution in [0, 0.1) is 0 Å². The van der Waals surface area contributed by atoms with Crippen LogP contribution in [-0.2, 0) is 9.59 Å². The van der Waals surface area contributed by atoms with Crippen molar-refractivity contribution in [1.82, 2.24) is 4.90 Å². The Balaban J connectivity index is 2.44. The molecule has 1 atom stereocenters. The Labute approximate surface area is 128 Å². The highest BCUT2D eigenvalue weighted by atomic mass is 35.5. The van der Waals surface area contributed by atoms with Crippen LogP contribution in [0.15, 0.2) is 42.6 Å². The molecule has 1 heterocycles. The lowest BCUT2D eigenvalue weighted by Crippen LogP contribution is -2.44. The fraction of sp³-hybridized carbons (Fsp3) is 0.250. The predicted molar refractivity (Wildman–Crippen MR) is 83.3 cm³/mol. The van der Waals surface area contributed by atoms with Gasteiger partial charge >= 0.3 is 0 Å². The number of halogens is 1. The Kier molecular flexibility index (Phi) is 4.81. The normalized spacial score (nSPS) is 16.4. The Morgan fingerprint density at radius 2 is 2.24 bits per heavy atom. The fourth-order valence-corrected chi connectivity index (χ4v) is 2.48. The van der Waals surface area contributed by atoms with E-state index in [4.69, 9.17) is 17.3 Å². The van der Waals surface area contributed by atoms with Crippen molar-refractivity contribution in [1.29, 1.82) is 0 Å². The molecule has 4 nitrogen and oxygen atoms in total. The van der Waals surface area contributed by atoms with Crippen LogP contribution in [0.1, 0.15) is 25.3 Å². The first-order chi connectivity index (χ1) is 10.0. The van der Waals surface area contributed by atoms with Crippen molar-refractivity contribution in [3.05, 3.63) is 53.2 Å². The molecule has 0 aliphatic carbocycles. The van der Waals surface area contributed by atoms with Crippen LogP contribution in [0.3, 0.4) is 0 Å². The highest BCUT2D eigenvalue weighted by Crippen LogP contribution is 2.24. The van der Waals surface area contributed by atoms with E-state index in [0.717, 1.165) is 11.1 Å². The van der Waals surface area contributed by atoms with Crippen molar-refractivity contribution in [3.63, 3.8) is 0 Å². The molecule has 0 aromatic heterocycles. The molecule has 1 aromatic carbocycles. The molecule has 5 heteroatoms. The monoisotopic (exact) mass is 304 g/mol. The molecule has 0 spiro atoms. The van der Waals surface area contributed by atoms with E-state index in [0.29, 0.717) is 11.4 Å². The van der Waals surface area contributed by atoms with E-state index in [1.165, 1.54) is 4.90 Å². The second-order valence-electron chi connectivity index (χ2n) is 4.83. The third kappa shape index (κ3) is 3.52. The maximum Gasteiger partial charge on any atom is 0.240 e. The fourth-order valence-electron chi connectivity index (χ4n) is 2.29. The number of nitrogens with two attached hydrogens (primary N) is 1. The van der Waals surface area contributed by atoms with Crippen molar-refractivity contribution in [2.45, 2.75) is 25.8 Å². The van der Waals surface area contributed by atoms with Gasteiger partial charge in [-0.25, -0.2) is 0 Å². The molecule has 0 saturated carbocycles. The molecule has 0 bridgehead atoms. The number of amides is 2. The maximum absolute atomic E-state index is 12.2. The van der Waals surface area contributed by atoms with Gasteiger partial charge in [0.25, 0.3) is 0 Å². The molecule has 0 fully saturated rings. The minimum absolute atomic E-state index is 0.145. The third-order valence-corrected chi connectivity index (χ3v) is 3.60. The van der Waals surface area contributed by atoms with E-state index in [9.17, 15) is 9.59 Å². The van der Waals surface area contributed by atoms with Gasteiger partial charge in [0.2, 0.25) is 11.8 Å². The topological polar surface area (TPSA) is 63.4 Å². The Morgan fingerprint density at radius 3 is 2.86 bits per heavy atom. The predicted octanol–water partition coefficient (Wildman–Crippen LogP) is 2.73. The summed E-state index contributed by atoms with van der Waals surface area (Å²) in [5.74, 6) is -0.650. The lowest BCUT2D eigenvalue weighted by molar-refractivity contribution is -0.135. The van der Waals surface area contributed by atoms with Gasteiger partial charge in [0.05, 0.1) is 0 Å². The van der Waals surface area contributed by atoms with E-state index in [2.05, 4.69) is 0 Å². The Bertz CT molecular complexity index is 622. The van der Waals surface area contributed by atoms with Gasteiger partial charge in [-0.05, 0) is 29.7 Å². The molecule has 1 aliphatic rings. The van der Waals surface area contributed by atoms with Crippen LogP contribution in [0.25, 0.3) is 5.57 Å². The number of nitrogens with zero attached hydrogens (tertiary/aromatic N) is 1. The van der Waals surface area contributed by atoms with Gasteiger partial charge < -0.3 is 10.6 Å². The molecule has 2 amide bonds. The summed E-state index contributed by atoms with van der Waals surface area (Å²) in [6.45, 7) is 1.83. The summed E-state index contributed by atoms with van der Waals surface area (Å²) in [6.07, 6.45) is 6.03. The third-order valence-electron chi connectivity index (χ3n) is 3.36. The summed E-state index contributed by atoms with van der Waals surface area (Å²) in [6, 6.07) is 6.71. The minimum Gasteiger partial charge on any atom is -0.368 e. The molecule has 2 N–H and O–H groups in total. The van der Waals surface area contributed by atoms with Crippen LogP contribution < -0.4 is 5.73 Å². The van der Waals surface area contributed by atoms with E-state index < -0.39 is 11.9 Å². The van der Waals surface area contributed by atoms with E-state index in [-0.39, 0.29) is 12.3 Å². The minimum atomic E-state index is -0.633. The van der Waals surface area contributed by atoms with Crippen molar-refractivity contribution in [2.24, 2.45) is 5.73 Å². The van der Waals surface area contributed by atoms with Gasteiger partial charge in [0.1, 0.15) is 6.04 Å². The number of rotatable bonds is 4. The quantitative estimate of drug-likeness (QED) is 0.929. The van der Waals surface area contributed by atoms with Gasteiger partial charge in [-0.15, -0.1) is 0 Å². The zero-order valence-corrected chi connectivity index (χ0v) is 12.5. The average molecular weight is 305 g/mol. The zero-order valence-electron chi connectivity index (χ0n) is 11.8. The highest BCUT2D eigenvalue weighted by Gasteiger charge is 2.26. The lowest BCUT2D eigenvalue weighted by atomic mass is 10.1. The largest absolute Gasteiger partial charge is 0.368 e. The first-order valence-electron chi connectivity index (χ1n) is 6.77. The number of benzene rings is 1. The number of primary amides is 1. The molecule has 0 saturated heterocycles. The van der Waals surface area contributed by atoms with Gasteiger partial charge in [-0.2, -0.15) is 0 Å². The van der Waals surface area contributed by atoms with Crippen molar-refractivity contribution in [3.8, 4) is 0 Å². The molecule has 1 aliphatic heterocycles. The molecular formula is C16H17ClN2O2. The van der Waals surface area contributed by atoms with E-state index in [1.54, 1.807) is 18.3 Å². The summed E-state index contributed by atoms with van der Waals surface area (Å²) in [5, 5.41) is 0.617. The van der Waals surface area contributed by atoms with Crippen LogP contribution in [0.4, 0.5) is 0 Å². The number of hydrogen-bond acceptors (Lipinski definition) is 2. The highest BCUT2D eigenvalue weighted by molar-refractivity contribution is 6.30. The summed E-state index contributed by atoms with van der Waals surface area (Å²) in [7, 11) is 0. The number of carbonyl (C=O) groups excluding carboxylic acids is 2. The van der Waals surface area contributed by atoms with Crippen molar-refractivity contribution >= 4 is 29.0 Å². The van der Waals surface area contributed by atoms with Crippen LogP contribution in [0.2, 0.25) is 5.02 Å². The molecule has 21 heavy (non-hydrogen) atoms. The second-order valence-corrected chi connectivity index (χ2v) is 5.27. The van der Waals surface area contributed by atoms with Gasteiger partial charge in [0, 0.05) is 17.6 Å². The molecule has 1 aromatic rings. The Hall–Kier alpha value is -2.07. The molecular weight excluding hydrogens is 288 g/mol. The number of hydrogen-bond donors (Lipinski definition) is 1. The molecule has 0 radical (unpaired) electrons. The average Bonchev–Trinajstić information content (AvgIpc) is 2.62. The van der Waals surface area contributed by atoms with E-state index in [1.807, 2.05) is 31.2 Å². The van der Waals surface area contributed by atoms with Crippen LogP contribution >= 0.6 is 11.6 Å². The van der Waals surface area contributed by atoms with Gasteiger partial charge in [0.15, 0.2) is 0 Å².